The van der Waals surface area contributed by atoms with Crippen LogP contribution in [0, 0.1) is 11.3 Å². The fourth-order valence-corrected chi connectivity index (χ4v) is 6.18. The second-order valence-electron chi connectivity index (χ2n) is 9.57. The van der Waals surface area contributed by atoms with Crippen molar-refractivity contribution in [2.75, 3.05) is 46.4 Å². The monoisotopic (exact) mass is 455 g/mol. The Hall–Kier alpha value is -2.09. The molecule has 1 saturated carbocycles. The predicted octanol–water partition coefficient (Wildman–Crippen LogP) is 3.41. The van der Waals surface area contributed by atoms with Crippen molar-refractivity contribution in [2.24, 2.45) is 11.3 Å². The van der Waals surface area contributed by atoms with Crippen molar-refractivity contribution in [3.8, 4) is 11.5 Å². The van der Waals surface area contributed by atoms with Gasteiger partial charge in [0.05, 0.1) is 7.11 Å². The van der Waals surface area contributed by atoms with Crippen LogP contribution in [-0.2, 0) is 17.9 Å². The average Bonchev–Trinajstić information content (AvgIpc) is 3.26. The van der Waals surface area contributed by atoms with E-state index in [0.29, 0.717) is 11.7 Å². The van der Waals surface area contributed by atoms with Crippen LogP contribution in [0.1, 0.15) is 29.7 Å². The summed E-state index contributed by atoms with van der Waals surface area (Å²) in [6, 6.07) is 9.71. The van der Waals surface area contributed by atoms with Crippen molar-refractivity contribution >= 4 is 17.2 Å². The number of piperidine rings is 1. The van der Waals surface area contributed by atoms with Crippen molar-refractivity contribution < 1.29 is 14.6 Å². The van der Waals surface area contributed by atoms with Crippen LogP contribution in [0.15, 0.2) is 35.7 Å². The van der Waals surface area contributed by atoms with E-state index >= 15 is 0 Å². The summed E-state index contributed by atoms with van der Waals surface area (Å²) < 4.78 is 5.30. The van der Waals surface area contributed by atoms with Gasteiger partial charge in [-0.15, -0.1) is 11.3 Å². The van der Waals surface area contributed by atoms with Crippen LogP contribution in [0.5, 0.6) is 11.5 Å². The number of phenols is 1. The number of methoxy groups -OCH3 is 1. The van der Waals surface area contributed by atoms with E-state index in [0.717, 1.165) is 82.9 Å². The molecular weight excluding hydrogens is 422 g/mol. The van der Waals surface area contributed by atoms with Crippen molar-refractivity contribution in [1.82, 2.24) is 14.7 Å². The molecule has 2 aliphatic heterocycles. The Morgan fingerprint density at radius 1 is 1.09 bits per heavy atom. The molecule has 172 valence electrons. The molecule has 1 amide bonds. The second kappa shape index (κ2) is 9.04. The summed E-state index contributed by atoms with van der Waals surface area (Å²) in [7, 11) is 1.65. The Morgan fingerprint density at radius 3 is 2.53 bits per heavy atom. The van der Waals surface area contributed by atoms with E-state index in [1.54, 1.807) is 19.2 Å². The van der Waals surface area contributed by atoms with Gasteiger partial charge in [0.15, 0.2) is 0 Å². The first-order valence-electron chi connectivity index (χ1n) is 11.7. The second-order valence-corrected chi connectivity index (χ2v) is 10.6. The van der Waals surface area contributed by atoms with Crippen molar-refractivity contribution in [3.63, 3.8) is 0 Å². The zero-order chi connectivity index (χ0) is 22.1. The lowest BCUT2D eigenvalue weighted by Gasteiger charge is -2.36. The number of benzene rings is 1. The summed E-state index contributed by atoms with van der Waals surface area (Å²) in [6.45, 7) is 7.36. The van der Waals surface area contributed by atoms with Crippen LogP contribution in [-0.4, -0.2) is 72.1 Å². The van der Waals surface area contributed by atoms with Crippen LogP contribution in [0.4, 0.5) is 0 Å². The van der Waals surface area contributed by atoms with Crippen LogP contribution < -0.4 is 4.74 Å². The minimum atomic E-state index is 0.220. The molecule has 1 aromatic carbocycles. The summed E-state index contributed by atoms with van der Waals surface area (Å²) in [4.78, 5) is 21.6. The minimum absolute atomic E-state index is 0.220. The molecule has 0 bridgehead atoms. The molecule has 0 unspecified atom stereocenters. The van der Waals surface area contributed by atoms with Gasteiger partial charge in [-0.05, 0) is 67.4 Å². The van der Waals surface area contributed by atoms with E-state index in [4.69, 9.17) is 4.74 Å². The Balaban J connectivity index is 1.09. The largest absolute Gasteiger partial charge is 0.508 e. The van der Waals surface area contributed by atoms with Gasteiger partial charge in [-0.25, -0.2) is 0 Å². The van der Waals surface area contributed by atoms with Gasteiger partial charge in [-0.3, -0.25) is 14.6 Å². The van der Waals surface area contributed by atoms with Gasteiger partial charge in [0.1, 0.15) is 11.5 Å². The highest BCUT2D eigenvalue weighted by Crippen LogP contribution is 2.60. The molecule has 1 aliphatic carbocycles. The van der Waals surface area contributed by atoms with Crippen LogP contribution in [0.3, 0.4) is 0 Å². The standard InChI is InChI=1S/C25H33N3O3S/c1-31-20-4-5-23(29)19(15-20)17-26-8-6-25(7-9-26)16-22(25)24(30)28-12-10-27(11-13-28)18-21-3-2-14-32-21/h2-5,14-15,22,29H,6-13,16-18H2,1H3/t22-/m1/s1. The SMILES string of the molecule is COc1ccc(O)c(CN2CCC3(CC2)C[C@@H]3C(=O)N2CCN(Cc3cccs3)CC2)c1. The van der Waals surface area contributed by atoms with E-state index in [-0.39, 0.29) is 11.3 Å². The first kappa shape index (κ1) is 21.7. The molecule has 2 aromatic rings. The average molecular weight is 456 g/mol. The molecule has 0 radical (unpaired) electrons. The summed E-state index contributed by atoms with van der Waals surface area (Å²) in [5.41, 5.74) is 1.13. The van der Waals surface area contributed by atoms with Gasteiger partial charge in [-0.2, -0.15) is 0 Å². The molecule has 5 rings (SSSR count). The number of carbonyl (C=O) groups is 1. The number of nitrogens with zero attached hydrogens (tertiary/aromatic N) is 3. The summed E-state index contributed by atoms with van der Waals surface area (Å²) >= 11 is 1.81. The number of likely N-dealkylation sites (tertiary alicyclic amines) is 1. The van der Waals surface area contributed by atoms with Crippen molar-refractivity contribution in [3.05, 3.63) is 46.2 Å². The predicted molar refractivity (Wildman–Crippen MR) is 126 cm³/mol. The number of aromatic hydroxyl groups is 1. The molecule has 1 spiro atoms. The van der Waals surface area contributed by atoms with Gasteiger partial charge < -0.3 is 14.7 Å². The lowest BCUT2D eigenvalue weighted by Crippen LogP contribution is -2.49. The zero-order valence-corrected chi connectivity index (χ0v) is 19.6. The molecule has 1 aromatic heterocycles. The summed E-state index contributed by atoms with van der Waals surface area (Å²) in [5.74, 6) is 1.71. The molecule has 2 saturated heterocycles. The van der Waals surface area contributed by atoms with Gasteiger partial charge >= 0.3 is 0 Å². The number of hydrogen-bond donors (Lipinski definition) is 1. The fraction of sp³-hybridized carbons (Fsp3) is 0.560. The van der Waals surface area contributed by atoms with Crippen LogP contribution in [0.25, 0.3) is 0 Å². The molecule has 3 heterocycles. The maximum Gasteiger partial charge on any atom is 0.226 e. The van der Waals surface area contributed by atoms with E-state index < -0.39 is 0 Å². The maximum absolute atomic E-state index is 13.2. The number of hydrogen-bond acceptors (Lipinski definition) is 6. The molecule has 6 nitrogen and oxygen atoms in total. The van der Waals surface area contributed by atoms with Crippen molar-refractivity contribution in [1.29, 1.82) is 0 Å². The zero-order valence-electron chi connectivity index (χ0n) is 18.8. The van der Waals surface area contributed by atoms with Gasteiger partial charge in [0.25, 0.3) is 0 Å². The van der Waals surface area contributed by atoms with Gasteiger partial charge in [0, 0.05) is 55.6 Å². The van der Waals surface area contributed by atoms with Gasteiger partial charge in [0.2, 0.25) is 5.91 Å². The Morgan fingerprint density at radius 2 is 1.84 bits per heavy atom. The number of piperazine rings is 1. The smallest absolute Gasteiger partial charge is 0.226 e. The normalized spacial score (nSPS) is 23.4. The number of phenolic OH excluding ortho intramolecular Hbond substituents is 1. The number of carbonyl (C=O) groups excluding carboxylic acids is 1. The van der Waals surface area contributed by atoms with Crippen LogP contribution >= 0.6 is 11.3 Å². The van der Waals surface area contributed by atoms with Crippen molar-refractivity contribution in [2.45, 2.75) is 32.4 Å². The lowest BCUT2D eigenvalue weighted by atomic mass is 9.90. The molecule has 1 N–H and O–H groups in total. The third-order valence-electron chi connectivity index (χ3n) is 7.66. The van der Waals surface area contributed by atoms with E-state index in [9.17, 15) is 9.90 Å². The van der Waals surface area contributed by atoms with Gasteiger partial charge in [-0.1, -0.05) is 6.07 Å². The van der Waals surface area contributed by atoms with E-state index in [1.807, 2.05) is 17.4 Å². The quantitative estimate of drug-likeness (QED) is 0.724. The van der Waals surface area contributed by atoms with E-state index in [1.165, 1.54) is 4.88 Å². The Bertz CT molecular complexity index is 932. The minimum Gasteiger partial charge on any atom is -0.508 e. The highest BCUT2D eigenvalue weighted by molar-refractivity contribution is 7.09. The first-order chi connectivity index (χ1) is 15.6. The Labute approximate surface area is 194 Å². The summed E-state index contributed by atoms with van der Waals surface area (Å²) in [6.07, 6.45) is 3.21. The highest BCUT2D eigenvalue weighted by atomic mass is 32.1. The number of rotatable bonds is 6. The summed E-state index contributed by atoms with van der Waals surface area (Å²) in [5, 5.41) is 12.3. The molecule has 1 atom stereocenters. The van der Waals surface area contributed by atoms with E-state index in [2.05, 4.69) is 32.2 Å². The molecule has 3 aliphatic rings. The molecule has 7 heteroatoms. The Kier molecular flexibility index (Phi) is 6.14. The number of amides is 1. The third kappa shape index (κ3) is 4.51. The third-order valence-corrected chi connectivity index (χ3v) is 8.52. The highest BCUT2D eigenvalue weighted by Gasteiger charge is 2.59. The molecule has 32 heavy (non-hydrogen) atoms. The number of thiophene rings is 1. The van der Waals surface area contributed by atoms with Crippen LogP contribution in [0.2, 0.25) is 0 Å². The topological polar surface area (TPSA) is 56.3 Å². The fourth-order valence-electron chi connectivity index (χ4n) is 5.43. The molecular formula is C25H33N3O3S. The maximum atomic E-state index is 13.2. The number of ether oxygens (including phenoxy) is 1. The lowest BCUT2D eigenvalue weighted by molar-refractivity contribution is -0.135. The molecule has 3 fully saturated rings. The first-order valence-corrected chi connectivity index (χ1v) is 12.6.